The van der Waals surface area contributed by atoms with Gasteiger partial charge in [-0.05, 0) is 6.07 Å². The van der Waals surface area contributed by atoms with Crippen molar-refractivity contribution in [3.05, 3.63) is 35.8 Å². The fourth-order valence-electron chi connectivity index (χ4n) is 1.74. The van der Waals surface area contributed by atoms with Gasteiger partial charge in [0, 0.05) is 22.9 Å². The smallest absolute Gasteiger partial charge is 0.323 e. The van der Waals surface area contributed by atoms with Gasteiger partial charge in [0.15, 0.2) is 5.95 Å². The van der Waals surface area contributed by atoms with E-state index in [1.807, 2.05) is 0 Å². The summed E-state index contributed by atoms with van der Waals surface area (Å²) in [6, 6.07) is 5.30. The zero-order valence-electron chi connectivity index (χ0n) is 8.71. The molecule has 0 saturated heterocycles. The summed E-state index contributed by atoms with van der Waals surface area (Å²) in [6.07, 6.45) is -0.262. The third-order valence-corrected chi connectivity index (χ3v) is 2.60. The van der Waals surface area contributed by atoms with E-state index in [1.165, 1.54) is 0 Å². The van der Waals surface area contributed by atoms with E-state index in [0.717, 1.165) is 5.54 Å². The summed E-state index contributed by atoms with van der Waals surface area (Å²) in [5, 5.41) is 9.26. The van der Waals surface area contributed by atoms with Crippen LogP contribution in [0.4, 0.5) is 8.87 Å². The number of hydrogen-bond acceptors (Lipinski definition) is 2. The van der Waals surface area contributed by atoms with E-state index in [2.05, 4.69) is 4.98 Å². The molecule has 3 N–H and O–H groups in total. The average Bonchev–Trinajstić information content (AvgIpc) is 2.61. The van der Waals surface area contributed by atoms with Gasteiger partial charge < -0.3 is 10.1 Å². The van der Waals surface area contributed by atoms with Crippen molar-refractivity contribution in [3.8, 4) is 0 Å². The maximum absolute atomic E-state index is 13.6. The molecule has 17 heavy (non-hydrogen) atoms. The van der Waals surface area contributed by atoms with Gasteiger partial charge in [0.25, 0.3) is 0 Å². The molecule has 0 bridgehead atoms. The van der Waals surface area contributed by atoms with Gasteiger partial charge in [-0.3, -0.25) is 4.79 Å². The topological polar surface area (TPSA) is 65.1 Å². The lowest BCUT2D eigenvalue weighted by atomic mass is 10.1. The standard InChI is InChI=1S/C11H10F2N2O2/c12-10-7(5-9(15-13)11(16)17)6-3-1-2-4-8(6)14-10/h1-4,9,14-15H,5H2,(H,16,17)/t9-/m0/s1. The largest absolute Gasteiger partial charge is 0.480 e. The summed E-state index contributed by atoms with van der Waals surface area (Å²) in [4.78, 5) is 13.2. The second kappa shape index (κ2) is 4.50. The monoisotopic (exact) mass is 240 g/mol. The highest BCUT2D eigenvalue weighted by molar-refractivity contribution is 5.84. The van der Waals surface area contributed by atoms with Crippen LogP contribution in [0.5, 0.6) is 0 Å². The Kier molecular flexibility index (Phi) is 3.06. The number of rotatable bonds is 4. The van der Waals surface area contributed by atoms with Crippen LogP contribution < -0.4 is 5.54 Å². The lowest BCUT2D eigenvalue weighted by Crippen LogP contribution is -2.33. The van der Waals surface area contributed by atoms with Gasteiger partial charge in [0.05, 0.1) is 0 Å². The molecule has 2 rings (SSSR count). The van der Waals surface area contributed by atoms with Crippen LogP contribution in [0.1, 0.15) is 5.56 Å². The number of carboxylic acid groups (broad SMARTS) is 1. The highest BCUT2D eigenvalue weighted by atomic mass is 19.2. The lowest BCUT2D eigenvalue weighted by Gasteiger charge is -2.07. The van der Waals surface area contributed by atoms with Gasteiger partial charge in [-0.2, -0.15) is 4.39 Å². The normalized spacial score (nSPS) is 12.8. The Hall–Kier alpha value is -1.95. The Bertz CT molecular complexity index is 553. The predicted molar refractivity (Wildman–Crippen MR) is 57.6 cm³/mol. The van der Waals surface area contributed by atoms with Crippen molar-refractivity contribution >= 4 is 16.9 Å². The van der Waals surface area contributed by atoms with Crippen molar-refractivity contribution in [2.45, 2.75) is 12.5 Å². The highest BCUT2D eigenvalue weighted by Gasteiger charge is 2.22. The number of fused-ring (bicyclic) bond motifs is 1. The van der Waals surface area contributed by atoms with Crippen LogP contribution in [0.2, 0.25) is 0 Å². The van der Waals surface area contributed by atoms with Crippen LogP contribution in [0, 0.1) is 5.95 Å². The maximum Gasteiger partial charge on any atom is 0.323 e. The third-order valence-electron chi connectivity index (χ3n) is 2.60. The third kappa shape index (κ3) is 2.12. The molecule has 2 aromatic rings. The molecule has 0 saturated carbocycles. The molecule has 0 spiro atoms. The molecule has 1 aromatic carbocycles. The molecule has 0 aliphatic carbocycles. The van der Waals surface area contributed by atoms with E-state index in [-0.39, 0.29) is 12.0 Å². The number of carbonyl (C=O) groups is 1. The first kappa shape index (κ1) is 11.5. The predicted octanol–water partition coefficient (Wildman–Crippen LogP) is 1.78. The van der Waals surface area contributed by atoms with Crippen molar-refractivity contribution < 1.29 is 18.8 Å². The van der Waals surface area contributed by atoms with Gasteiger partial charge in [0.2, 0.25) is 0 Å². The zero-order chi connectivity index (χ0) is 12.4. The maximum atomic E-state index is 13.6. The van der Waals surface area contributed by atoms with Crippen LogP contribution in [-0.4, -0.2) is 22.1 Å². The fourth-order valence-corrected chi connectivity index (χ4v) is 1.74. The Morgan fingerprint density at radius 3 is 2.82 bits per heavy atom. The second-order valence-electron chi connectivity index (χ2n) is 3.67. The van der Waals surface area contributed by atoms with Gasteiger partial charge in [-0.15, -0.1) is 10.0 Å². The molecule has 0 amide bonds. The number of aromatic amines is 1. The average molecular weight is 240 g/mol. The van der Waals surface area contributed by atoms with Crippen LogP contribution in [0.3, 0.4) is 0 Å². The Labute approximate surface area is 95.2 Å². The van der Waals surface area contributed by atoms with Gasteiger partial charge in [0.1, 0.15) is 6.04 Å². The molecule has 4 nitrogen and oxygen atoms in total. The van der Waals surface area contributed by atoms with E-state index in [9.17, 15) is 13.7 Å². The Balaban J connectivity index is 2.41. The Morgan fingerprint density at radius 1 is 1.47 bits per heavy atom. The summed E-state index contributed by atoms with van der Waals surface area (Å²) in [7, 11) is 0. The molecule has 6 heteroatoms. The molecule has 0 aliphatic rings. The molecule has 1 heterocycles. The fraction of sp³-hybridized carbons (Fsp3) is 0.182. The van der Waals surface area contributed by atoms with E-state index >= 15 is 0 Å². The highest BCUT2D eigenvalue weighted by Crippen LogP contribution is 2.22. The summed E-state index contributed by atoms with van der Waals surface area (Å²) < 4.78 is 25.8. The first-order valence-electron chi connectivity index (χ1n) is 4.97. The van der Waals surface area contributed by atoms with Crippen LogP contribution in [0.15, 0.2) is 24.3 Å². The molecule has 1 atom stereocenters. The Morgan fingerprint density at radius 2 is 2.18 bits per heavy atom. The number of para-hydroxylation sites is 1. The van der Waals surface area contributed by atoms with Crippen LogP contribution in [-0.2, 0) is 11.2 Å². The molecule has 0 radical (unpaired) electrons. The van der Waals surface area contributed by atoms with Gasteiger partial charge in [-0.1, -0.05) is 18.2 Å². The molecular formula is C11H10F2N2O2. The minimum absolute atomic E-state index is 0.165. The number of carboxylic acids is 1. The van der Waals surface area contributed by atoms with Crippen molar-refractivity contribution in [2.75, 3.05) is 0 Å². The molecule has 90 valence electrons. The number of halogens is 2. The van der Waals surface area contributed by atoms with Crippen molar-refractivity contribution in [1.29, 1.82) is 0 Å². The minimum atomic E-state index is -1.45. The summed E-state index contributed by atoms with van der Waals surface area (Å²) >= 11 is 0. The van der Waals surface area contributed by atoms with Crippen molar-refractivity contribution in [2.24, 2.45) is 0 Å². The molecule has 0 fully saturated rings. The number of H-pyrrole nitrogens is 1. The quantitative estimate of drug-likeness (QED) is 0.714. The minimum Gasteiger partial charge on any atom is -0.480 e. The van der Waals surface area contributed by atoms with E-state index in [1.54, 1.807) is 24.3 Å². The lowest BCUT2D eigenvalue weighted by molar-refractivity contribution is -0.140. The number of nitrogens with one attached hydrogen (secondary N) is 2. The number of aliphatic carboxylic acids is 1. The van der Waals surface area contributed by atoms with E-state index in [0.29, 0.717) is 10.9 Å². The summed E-state index contributed by atoms with van der Waals surface area (Å²) in [6.45, 7) is 0. The second-order valence-corrected chi connectivity index (χ2v) is 3.67. The number of aromatic nitrogens is 1. The SMILES string of the molecule is O=C(O)[C@H](Cc1c(F)[nH]c2ccccc12)NF. The van der Waals surface area contributed by atoms with Crippen molar-refractivity contribution in [1.82, 2.24) is 10.5 Å². The summed E-state index contributed by atoms with van der Waals surface area (Å²) in [5.41, 5.74) is 1.87. The van der Waals surface area contributed by atoms with Crippen LogP contribution in [0.25, 0.3) is 10.9 Å². The van der Waals surface area contributed by atoms with Crippen LogP contribution >= 0.6 is 0 Å². The molecule has 0 aliphatic heterocycles. The van der Waals surface area contributed by atoms with Gasteiger partial charge in [-0.25, -0.2) is 0 Å². The first-order chi connectivity index (χ1) is 8.13. The van der Waals surface area contributed by atoms with E-state index < -0.39 is 18.0 Å². The van der Waals surface area contributed by atoms with Crippen molar-refractivity contribution in [3.63, 3.8) is 0 Å². The van der Waals surface area contributed by atoms with Gasteiger partial charge >= 0.3 is 5.97 Å². The zero-order valence-corrected chi connectivity index (χ0v) is 8.71. The number of hydrogen-bond donors (Lipinski definition) is 3. The first-order valence-corrected chi connectivity index (χ1v) is 4.97. The molecule has 1 aromatic heterocycles. The number of benzene rings is 1. The summed E-state index contributed by atoms with van der Waals surface area (Å²) in [5.74, 6) is -2.00. The molecule has 0 unspecified atom stereocenters. The van der Waals surface area contributed by atoms with E-state index in [4.69, 9.17) is 5.11 Å². The molecular weight excluding hydrogens is 230 g/mol.